The van der Waals surface area contributed by atoms with Crippen molar-refractivity contribution >= 4 is 11.9 Å². The van der Waals surface area contributed by atoms with Crippen LogP contribution in [0.5, 0.6) is 0 Å². The molecule has 5 nitrogen and oxygen atoms in total. The molecule has 11 heteroatoms. The molecule has 2 atom stereocenters. The molecule has 2 aromatic rings. The third-order valence-electron chi connectivity index (χ3n) is 7.57. The highest BCUT2D eigenvalue weighted by atomic mass is 19.4. The molecule has 39 heavy (non-hydrogen) atoms. The standard InChI is InChI=1S/C28H29F6NO4/c1-16(22-14-20(27(29,30)31)7-8-24(22)28(32,33)34)35-11-9-21(10-12-35)39-26(38)19-4-2-3-18(13-19)23(15-25(36)37)17-5-6-17/h2-4,7-8,13-14,16-17,21,23H,5-6,9-12,15H2,1H3,(H,36,37)/t16?,23-/m0/s1. The molecule has 2 aromatic carbocycles. The zero-order valence-corrected chi connectivity index (χ0v) is 21.2. The zero-order valence-electron chi connectivity index (χ0n) is 21.2. The number of benzene rings is 2. The van der Waals surface area contributed by atoms with Gasteiger partial charge in [-0.3, -0.25) is 9.69 Å². The van der Waals surface area contributed by atoms with Crippen LogP contribution in [0.4, 0.5) is 26.3 Å². The van der Waals surface area contributed by atoms with Crippen LogP contribution in [-0.4, -0.2) is 41.1 Å². The molecule has 0 amide bonds. The number of nitrogens with zero attached hydrogens (tertiary/aromatic N) is 1. The van der Waals surface area contributed by atoms with Gasteiger partial charge in [0.05, 0.1) is 23.1 Å². The summed E-state index contributed by atoms with van der Waals surface area (Å²) in [6.07, 6.45) is -7.63. The smallest absolute Gasteiger partial charge is 0.416 e. The summed E-state index contributed by atoms with van der Waals surface area (Å²) >= 11 is 0. The normalized spacial score (nSPS) is 18.9. The third-order valence-corrected chi connectivity index (χ3v) is 7.57. The van der Waals surface area contributed by atoms with Crippen LogP contribution < -0.4 is 0 Å². The number of carboxylic acid groups (broad SMARTS) is 1. The lowest BCUT2D eigenvalue weighted by atomic mass is 9.90. The van der Waals surface area contributed by atoms with Crippen LogP contribution in [0.3, 0.4) is 0 Å². The van der Waals surface area contributed by atoms with Gasteiger partial charge in [0.2, 0.25) is 0 Å². The number of carbonyl (C=O) groups excluding carboxylic acids is 1. The van der Waals surface area contributed by atoms with Crippen molar-refractivity contribution in [2.45, 2.75) is 69.4 Å². The van der Waals surface area contributed by atoms with Gasteiger partial charge in [-0.1, -0.05) is 12.1 Å². The van der Waals surface area contributed by atoms with Crippen LogP contribution in [0, 0.1) is 5.92 Å². The second-order valence-electron chi connectivity index (χ2n) is 10.3. The number of likely N-dealkylation sites (tertiary alicyclic amines) is 1. The Hall–Kier alpha value is -3.08. The topological polar surface area (TPSA) is 66.8 Å². The number of aliphatic carboxylic acids is 1. The summed E-state index contributed by atoms with van der Waals surface area (Å²) < 4.78 is 86.0. The van der Waals surface area contributed by atoms with E-state index in [9.17, 15) is 41.0 Å². The van der Waals surface area contributed by atoms with E-state index in [0.717, 1.165) is 18.4 Å². The number of piperidine rings is 1. The zero-order chi connectivity index (χ0) is 28.5. The van der Waals surface area contributed by atoms with Gasteiger partial charge in [-0.15, -0.1) is 0 Å². The summed E-state index contributed by atoms with van der Waals surface area (Å²) in [7, 11) is 0. The molecule has 0 bridgehead atoms. The lowest BCUT2D eigenvalue weighted by Crippen LogP contribution is -2.39. The number of carboxylic acids is 1. The first-order valence-electron chi connectivity index (χ1n) is 12.8. The minimum atomic E-state index is -4.81. The van der Waals surface area contributed by atoms with Crippen LogP contribution in [0.25, 0.3) is 0 Å². The fraction of sp³-hybridized carbons (Fsp3) is 0.500. The van der Waals surface area contributed by atoms with Crippen molar-refractivity contribution in [3.05, 3.63) is 70.3 Å². The van der Waals surface area contributed by atoms with Crippen molar-refractivity contribution in [1.82, 2.24) is 4.90 Å². The van der Waals surface area contributed by atoms with Gasteiger partial charge in [-0.2, -0.15) is 26.3 Å². The number of rotatable bonds is 8. The molecule has 1 aliphatic heterocycles. The van der Waals surface area contributed by atoms with Gasteiger partial charge in [-0.25, -0.2) is 4.79 Å². The highest BCUT2D eigenvalue weighted by Crippen LogP contribution is 2.45. The second-order valence-corrected chi connectivity index (χ2v) is 10.3. The molecule has 4 rings (SSSR count). The summed E-state index contributed by atoms with van der Waals surface area (Å²) in [6, 6.07) is 7.25. The summed E-state index contributed by atoms with van der Waals surface area (Å²) in [4.78, 5) is 25.8. The molecule has 2 aliphatic rings. The summed E-state index contributed by atoms with van der Waals surface area (Å²) in [6.45, 7) is 1.90. The molecule has 1 aliphatic carbocycles. The molecule has 1 saturated carbocycles. The minimum absolute atomic E-state index is 0.0260. The molecule has 2 fully saturated rings. The number of ether oxygens (including phenoxy) is 1. The van der Waals surface area contributed by atoms with E-state index in [1.807, 2.05) is 0 Å². The Labute approximate surface area is 221 Å². The minimum Gasteiger partial charge on any atom is -0.481 e. The Balaban J connectivity index is 1.41. The monoisotopic (exact) mass is 557 g/mol. The Morgan fingerprint density at radius 3 is 2.21 bits per heavy atom. The van der Waals surface area contributed by atoms with Gasteiger partial charge >= 0.3 is 24.3 Å². The molecule has 0 aromatic heterocycles. The van der Waals surface area contributed by atoms with E-state index in [4.69, 9.17) is 4.74 Å². The molecular weight excluding hydrogens is 528 g/mol. The molecule has 0 radical (unpaired) electrons. The van der Waals surface area contributed by atoms with Crippen molar-refractivity contribution in [3.8, 4) is 0 Å². The van der Waals surface area contributed by atoms with E-state index < -0.39 is 53.1 Å². The molecule has 1 saturated heterocycles. The second kappa shape index (κ2) is 11.2. The van der Waals surface area contributed by atoms with Gasteiger partial charge < -0.3 is 9.84 Å². The third kappa shape index (κ3) is 7.12. The summed E-state index contributed by atoms with van der Waals surface area (Å²) in [5.74, 6) is -1.40. The van der Waals surface area contributed by atoms with Crippen molar-refractivity contribution in [2.75, 3.05) is 13.1 Å². The van der Waals surface area contributed by atoms with Gasteiger partial charge in [0.1, 0.15) is 6.10 Å². The predicted octanol–water partition coefficient (Wildman–Crippen LogP) is 7.07. The maximum absolute atomic E-state index is 13.6. The molecule has 212 valence electrons. The van der Waals surface area contributed by atoms with Crippen LogP contribution in [0.2, 0.25) is 0 Å². The largest absolute Gasteiger partial charge is 0.481 e. The first-order valence-corrected chi connectivity index (χ1v) is 12.8. The maximum atomic E-state index is 13.6. The van der Waals surface area contributed by atoms with Gasteiger partial charge in [-0.05, 0) is 85.9 Å². The number of carbonyl (C=O) groups is 2. The van der Waals surface area contributed by atoms with E-state index in [2.05, 4.69) is 0 Å². The van der Waals surface area contributed by atoms with Crippen molar-refractivity contribution in [1.29, 1.82) is 0 Å². The highest BCUT2D eigenvalue weighted by molar-refractivity contribution is 5.89. The van der Waals surface area contributed by atoms with Crippen LogP contribution >= 0.6 is 0 Å². The SMILES string of the molecule is CC(c1cc(C(F)(F)F)ccc1C(F)(F)F)N1CCC(OC(=O)c2cccc([C@@H](CC(=O)O)C3CC3)c2)CC1. The Bertz CT molecular complexity index is 1200. The molecular formula is C28H29F6NO4. The van der Waals surface area contributed by atoms with E-state index >= 15 is 0 Å². The fourth-order valence-corrected chi connectivity index (χ4v) is 5.28. The quantitative estimate of drug-likeness (QED) is 0.278. The van der Waals surface area contributed by atoms with E-state index in [1.165, 1.54) is 6.92 Å². The first kappa shape index (κ1) is 28.9. The van der Waals surface area contributed by atoms with Crippen molar-refractivity contribution in [2.24, 2.45) is 5.92 Å². The van der Waals surface area contributed by atoms with Crippen LogP contribution in [0.1, 0.15) is 83.6 Å². The molecule has 0 spiro atoms. The average Bonchev–Trinajstić information content (AvgIpc) is 3.71. The predicted molar refractivity (Wildman–Crippen MR) is 129 cm³/mol. The first-order chi connectivity index (χ1) is 18.2. The van der Waals surface area contributed by atoms with E-state index in [0.29, 0.717) is 31.0 Å². The number of hydrogen-bond donors (Lipinski definition) is 1. The Kier molecular flexibility index (Phi) is 8.30. The Morgan fingerprint density at radius 2 is 1.64 bits per heavy atom. The van der Waals surface area contributed by atoms with Crippen LogP contribution in [0.15, 0.2) is 42.5 Å². The lowest BCUT2D eigenvalue weighted by molar-refractivity contribution is -0.142. The van der Waals surface area contributed by atoms with E-state index in [1.54, 1.807) is 29.2 Å². The maximum Gasteiger partial charge on any atom is 0.416 e. The molecule has 1 N–H and O–H groups in total. The van der Waals surface area contributed by atoms with Crippen molar-refractivity contribution in [3.63, 3.8) is 0 Å². The van der Waals surface area contributed by atoms with Crippen LogP contribution in [-0.2, 0) is 21.9 Å². The number of esters is 1. The van der Waals surface area contributed by atoms with E-state index in [-0.39, 0.29) is 36.9 Å². The molecule has 1 unspecified atom stereocenters. The fourth-order valence-electron chi connectivity index (χ4n) is 5.28. The summed E-state index contributed by atoms with van der Waals surface area (Å²) in [5.41, 5.74) is -1.65. The van der Waals surface area contributed by atoms with Crippen molar-refractivity contribution < 1.29 is 45.8 Å². The molecule has 1 heterocycles. The average molecular weight is 558 g/mol. The number of alkyl halides is 6. The van der Waals surface area contributed by atoms with Gasteiger partial charge in [0.25, 0.3) is 0 Å². The Morgan fingerprint density at radius 1 is 0.974 bits per heavy atom. The summed E-state index contributed by atoms with van der Waals surface area (Å²) in [5, 5.41) is 9.25. The highest BCUT2D eigenvalue weighted by Gasteiger charge is 2.39. The number of halogens is 6. The lowest BCUT2D eigenvalue weighted by Gasteiger charge is -2.37. The number of hydrogen-bond acceptors (Lipinski definition) is 4. The van der Waals surface area contributed by atoms with Gasteiger partial charge in [0, 0.05) is 19.1 Å². The van der Waals surface area contributed by atoms with Gasteiger partial charge in [0.15, 0.2) is 0 Å².